The molecule has 0 N–H and O–H groups in total. The number of pyridine rings is 1. The molecule has 9 heteroatoms. The largest absolute Gasteiger partial charge is 0.318 e. The van der Waals surface area contributed by atoms with Gasteiger partial charge in [-0.1, -0.05) is 30.7 Å². The van der Waals surface area contributed by atoms with Crippen molar-refractivity contribution in [2.24, 2.45) is 12.1 Å². The minimum Gasteiger partial charge on any atom is -0.318 e. The molecule has 2 aromatic carbocycles. The van der Waals surface area contributed by atoms with Crippen LogP contribution in [-0.4, -0.2) is 31.5 Å². The monoisotopic (exact) mass is 473 g/mol. The predicted octanol–water partition coefficient (Wildman–Crippen LogP) is 3.98. The average Bonchev–Trinajstić information content (AvgIpc) is 2.84. The number of halogens is 2. The molecule has 0 spiro atoms. The van der Waals surface area contributed by atoms with Gasteiger partial charge in [0.1, 0.15) is 11.5 Å². The van der Waals surface area contributed by atoms with E-state index >= 15 is 0 Å². The van der Waals surface area contributed by atoms with E-state index in [0.29, 0.717) is 33.7 Å². The smallest absolute Gasteiger partial charge is 0.252 e. The van der Waals surface area contributed by atoms with E-state index in [1.165, 1.54) is 22.8 Å². The van der Waals surface area contributed by atoms with Crippen molar-refractivity contribution in [3.63, 3.8) is 0 Å². The van der Waals surface area contributed by atoms with Gasteiger partial charge >= 0.3 is 0 Å². The molecule has 1 aliphatic heterocycles. The molecule has 1 aromatic heterocycles. The molecule has 0 fully saturated rings. The predicted molar refractivity (Wildman–Crippen MR) is 126 cm³/mol. The van der Waals surface area contributed by atoms with Crippen molar-refractivity contribution in [3.05, 3.63) is 86.5 Å². The lowest BCUT2D eigenvalue weighted by Crippen LogP contribution is -2.19. The molecule has 6 nitrogen and oxygen atoms in total. The highest BCUT2D eigenvalue weighted by Crippen LogP contribution is 2.38. The normalized spacial score (nSPS) is 13.3. The van der Waals surface area contributed by atoms with E-state index in [4.69, 9.17) is 11.6 Å². The number of aryl methyl sites for hydroxylation is 1. The van der Waals surface area contributed by atoms with Crippen LogP contribution in [0.25, 0.3) is 11.1 Å². The molecule has 0 atom stereocenters. The van der Waals surface area contributed by atoms with E-state index in [2.05, 4.69) is 5.10 Å². The van der Waals surface area contributed by atoms with Crippen molar-refractivity contribution < 1.29 is 12.8 Å². The highest BCUT2D eigenvalue weighted by molar-refractivity contribution is 7.90. The number of hydrogen-bond acceptors (Lipinski definition) is 5. The number of hydrogen-bond donors (Lipinski definition) is 0. The fourth-order valence-electron chi connectivity index (χ4n) is 3.70. The Morgan fingerprint density at radius 3 is 2.41 bits per heavy atom. The first-order chi connectivity index (χ1) is 15.1. The first-order valence-electron chi connectivity index (χ1n) is 9.92. The third-order valence-corrected chi connectivity index (χ3v) is 7.41. The zero-order valence-electron chi connectivity index (χ0n) is 17.8. The molecule has 0 aliphatic carbocycles. The van der Waals surface area contributed by atoms with Gasteiger partial charge in [-0.3, -0.25) is 9.80 Å². The molecule has 166 valence electrons. The van der Waals surface area contributed by atoms with Crippen molar-refractivity contribution >= 4 is 32.8 Å². The van der Waals surface area contributed by atoms with Crippen LogP contribution < -0.4 is 10.6 Å². The van der Waals surface area contributed by atoms with Crippen LogP contribution >= 0.6 is 11.6 Å². The Morgan fingerprint density at radius 2 is 1.72 bits per heavy atom. The number of nitrogens with zero attached hydrogens (tertiary/aromatic N) is 3. The average molecular weight is 474 g/mol. The van der Waals surface area contributed by atoms with Crippen LogP contribution in [-0.2, 0) is 22.6 Å². The van der Waals surface area contributed by atoms with E-state index in [1.54, 1.807) is 56.5 Å². The summed E-state index contributed by atoms with van der Waals surface area (Å²) >= 11 is 6.36. The van der Waals surface area contributed by atoms with Gasteiger partial charge in [0.25, 0.3) is 5.56 Å². The SMILES string of the molecule is CCS(=O)(=O)Cc1ccc2c(c1)-c1cn(C)c(=O)cc1N(C)N=C2c1ccc(F)cc1Cl. The maximum Gasteiger partial charge on any atom is 0.252 e. The summed E-state index contributed by atoms with van der Waals surface area (Å²) in [6.07, 6.45) is 1.70. The maximum atomic E-state index is 13.7. The standard InChI is InChI=1S/C23H21ClFN3O3S/c1-4-32(30,31)13-14-5-7-16-18(9-14)19-12-27(2)22(29)11-21(19)28(3)26-23(16)17-8-6-15(25)10-20(17)24/h5-12H,4,13H2,1-3H3. The van der Waals surface area contributed by atoms with E-state index in [0.717, 1.165) is 5.56 Å². The first-order valence-corrected chi connectivity index (χ1v) is 12.1. The number of benzene rings is 2. The Balaban J connectivity index is 2.02. The van der Waals surface area contributed by atoms with Crippen LogP contribution in [0.15, 0.2) is 58.6 Å². The van der Waals surface area contributed by atoms with Crippen molar-refractivity contribution in [2.45, 2.75) is 12.7 Å². The Bertz CT molecular complexity index is 1430. The van der Waals surface area contributed by atoms with Crippen molar-refractivity contribution in [1.82, 2.24) is 4.57 Å². The van der Waals surface area contributed by atoms with Gasteiger partial charge < -0.3 is 4.57 Å². The van der Waals surface area contributed by atoms with Gasteiger partial charge in [-0.15, -0.1) is 0 Å². The number of hydrazone groups is 1. The third-order valence-electron chi connectivity index (χ3n) is 5.45. The zero-order valence-corrected chi connectivity index (χ0v) is 19.3. The second-order valence-electron chi connectivity index (χ2n) is 7.67. The summed E-state index contributed by atoms with van der Waals surface area (Å²) in [4.78, 5) is 12.3. The van der Waals surface area contributed by atoms with E-state index in [9.17, 15) is 17.6 Å². The molecule has 0 radical (unpaired) electrons. The summed E-state index contributed by atoms with van der Waals surface area (Å²) in [6, 6.07) is 10.9. The van der Waals surface area contributed by atoms with E-state index in [-0.39, 0.29) is 22.1 Å². The molecule has 0 saturated carbocycles. The Hall–Kier alpha value is -2.97. The third kappa shape index (κ3) is 4.08. The van der Waals surface area contributed by atoms with Crippen LogP contribution in [0.4, 0.5) is 10.1 Å². The molecule has 1 aliphatic rings. The first kappa shape index (κ1) is 22.2. The Kier molecular flexibility index (Phi) is 5.68. The summed E-state index contributed by atoms with van der Waals surface area (Å²) in [5.41, 5.74) is 4.12. The summed E-state index contributed by atoms with van der Waals surface area (Å²) < 4.78 is 39.6. The lowest BCUT2D eigenvalue weighted by atomic mass is 9.92. The van der Waals surface area contributed by atoms with Gasteiger partial charge in [-0.05, 0) is 35.4 Å². The lowest BCUT2D eigenvalue weighted by molar-refractivity contribution is 0.596. The van der Waals surface area contributed by atoms with Crippen molar-refractivity contribution in [2.75, 3.05) is 17.8 Å². The van der Waals surface area contributed by atoms with Gasteiger partial charge in [0, 0.05) is 48.8 Å². The molecular formula is C23H21ClFN3O3S. The molecular weight excluding hydrogens is 453 g/mol. The summed E-state index contributed by atoms with van der Waals surface area (Å²) in [6.45, 7) is 1.61. The van der Waals surface area contributed by atoms with Crippen molar-refractivity contribution in [1.29, 1.82) is 0 Å². The molecule has 2 heterocycles. The molecule has 0 bridgehead atoms. The minimum absolute atomic E-state index is 0.0375. The van der Waals surface area contributed by atoms with Gasteiger partial charge in [0.15, 0.2) is 9.84 Å². The van der Waals surface area contributed by atoms with E-state index in [1.807, 2.05) is 0 Å². The molecule has 0 unspecified atom stereocenters. The topological polar surface area (TPSA) is 71.7 Å². The zero-order chi connectivity index (χ0) is 23.2. The number of fused-ring (bicyclic) bond motifs is 3. The maximum absolute atomic E-state index is 13.7. The van der Waals surface area contributed by atoms with Crippen LogP contribution in [0.1, 0.15) is 23.6 Å². The van der Waals surface area contributed by atoms with Gasteiger partial charge in [-0.25, -0.2) is 12.8 Å². The Morgan fingerprint density at radius 1 is 1.00 bits per heavy atom. The molecule has 4 rings (SSSR count). The van der Waals surface area contributed by atoms with E-state index < -0.39 is 15.7 Å². The summed E-state index contributed by atoms with van der Waals surface area (Å²) in [5.74, 6) is -0.527. The second-order valence-corrected chi connectivity index (χ2v) is 10.4. The number of aromatic nitrogens is 1. The summed E-state index contributed by atoms with van der Waals surface area (Å²) in [5, 5.41) is 6.46. The van der Waals surface area contributed by atoms with Gasteiger partial charge in [0.05, 0.1) is 16.5 Å². The number of rotatable bonds is 4. The van der Waals surface area contributed by atoms with Crippen LogP contribution in [0.3, 0.4) is 0 Å². The van der Waals surface area contributed by atoms with Crippen LogP contribution in [0.2, 0.25) is 5.02 Å². The molecule has 3 aromatic rings. The highest BCUT2D eigenvalue weighted by atomic mass is 35.5. The lowest BCUT2D eigenvalue weighted by Gasteiger charge is -2.16. The fraction of sp³-hybridized carbons (Fsp3) is 0.217. The molecule has 0 saturated heterocycles. The van der Waals surface area contributed by atoms with Crippen LogP contribution in [0, 0.1) is 5.82 Å². The van der Waals surface area contributed by atoms with Gasteiger partial charge in [0.2, 0.25) is 0 Å². The second kappa shape index (κ2) is 8.18. The fourth-order valence-corrected chi connectivity index (χ4v) is 4.85. The molecule has 0 amide bonds. The van der Waals surface area contributed by atoms with Crippen LogP contribution in [0.5, 0.6) is 0 Å². The van der Waals surface area contributed by atoms with Crippen molar-refractivity contribution in [3.8, 4) is 11.1 Å². The summed E-state index contributed by atoms with van der Waals surface area (Å²) in [7, 11) is 0.115. The highest BCUT2D eigenvalue weighted by Gasteiger charge is 2.25. The van der Waals surface area contributed by atoms with Gasteiger partial charge in [-0.2, -0.15) is 5.10 Å². The molecule has 32 heavy (non-hydrogen) atoms. The number of sulfone groups is 1. The quantitative estimate of drug-likeness (QED) is 0.574. The number of anilines is 1. The minimum atomic E-state index is -3.25. The Labute approximate surface area is 190 Å².